The zero-order chi connectivity index (χ0) is 22.8. The van der Waals surface area contributed by atoms with Gasteiger partial charge >= 0.3 is 6.18 Å². The van der Waals surface area contributed by atoms with Gasteiger partial charge in [-0.05, 0) is 45.7 Å². The van der Waals surface area contributed by atoms with E-state index in [9.17, 15) is 18.0 Å². The minimum atomic E-state index is -4.38. The first kappa shape index (κ1) is 22.8. The maximum atomic E-state index is 12.8. The summed E-state index contributed by atoms with van der Waals surface area (Å²) in [5, 5.41) is 12.4. The highest BCUT2D eigenvalue weighted by atomic mass is 19.4. The number of carbonyl (C=O) groups is 1. The molecule has 2 heterocycles. The molecule has 0 unspecified atom stereocenters. The lowest BCUT2D eigenvalue weighted by molar-refractivity contribution is -0.137. The first-order valence-corrected chi connectivity index (χ1v) is 10.2. The van der Waals surface area contributed by atoms with Crippen LogP contribution in [-0.2, 0) is 17.4 Å². The summed E-state index contributed by atoms with van der Waals surface area (Å²) in [6, 6.07) is 6.69. The van der Waals surface area contributed by atoms with Crippen LogP contribution < -0.4 is 5.32 Å². The molecular weight excluding hydrogens is 407 g/mol. The number of carbonyl (C=O) groups excluding carboxylic acids is 1. The van der Waals surface area contributed by atoms with Crippen molar-refractivity contribution in [1.82, 2.24) is 20.2 Å². The van der Waals surface area contributed by atoms with Crippen molar-refractivity contribution in [3.8, 4) is 17.5 Å². The Balaban J connectivity index is 1.65. The van der Waals surface area contributed by atoms with Gasteiger partial charge in [-0.25, -0.2) is 4.98 Å². The molecule has 0 spiro atoms. The summed E-state index contributed by atoms with van der Waals surface area (Å²) in [5.41, 5.74) is 1.01. The average molecular weight is 433 g/mol. The number of rotatable bonds is 6. The maximum absolute atomic E-state index is 12.8. The van der Waals surface area contributed by atoms with Gasteiger partial charge in [0.15, 0.2) is 0 Å². The predicted molar refractivity (Wildman–Crippen MR) is 110 cm³/mol. The van der Waals surface area contributed by atoms with Crippen molar-refractivity contribution in [2.75, 3.05) is 13.1 Å². The number of aromatic amines is 1. The number of nitrogens with one attached hydrogen (secondary N) is 2. The summed E-state index contributed by atoms with van der Waals surface area (Å²) in [7, 11) is 0. The van der Waals surface area contributed by atoms with Crippen LogP contribution in [0, 0.1) is 18.3 Å². The Hall–Kier alpha value is -2.86. The van der Waals surface area contributed by atoms with Crippen LogP contribution in [0.3, 0.4) is 0 Å². The Morgan fingerprint density at radius 1 is 1.32 bits per heavy atom. The number of amides is 1. The number of halogens is 3. The first-order valence-electron chi connectivity index (χ1n) is 10.2. The molecular formula is C22H26F3N5O. The molecule has 166 valence electrons. The van der Waals surface area contributed by atoms with Crippen molar-refractivity contribution in [2.45, 2.75) is 57.8 Å². The van der Waals surface area contributed by atoms with Crippen molar-refractivity contribution >= 4 is 5.91 Å². The Bertz CT molecular complexity index is 973. The molecule has 2 aromatic rings. The lowest BCUT2D eigenvalue weighted by atomic mass is 9.97. The smallest absolute Gasteiger partial charge is 0.342 e. The van der Waals surface area contributed by atoms with Gasteiger partial charge in [0.05, 0.1) is 23.9 Å². The fourth-order valence-corrected chi connectivity index (χ4v) is 3.72. The van der Waals surface area contributed by atoms with Crippen molar-refractivity contribution in [3.05, 3.63) is 41.2 Å². The molecule has 1 atom stereocenters. The second-order valence-electron chi connectivity index (χ2n) is 8.52. The highest BCUT2D eigenvalue weighted by Crippen LogP contribution is 2.31. The number of likely N-dealkylation sites (tertiary alicyclic amines) is 1. The van der Waals surface area contributed by atoms with E-state index in [1.165, 1.54) is 12.1 Å². The van der Waals surface area contributed by atoms with Gasteiger partial charge in [-0.3, -0.25) is 4.79 Å². The van der Waals surface area contributed by atoms with Crippen LogP contribution >= 0.6 is 0 Å². The van der Waals surface area contributed by atoms with Gasteiger partial charge in [-0.1, -0.05) is 12.1 Å². The monoisotopic (exact) mass is 433 g/mol. The van der Waals surface area contributed by atoms with E-state index < -0.39 is 17.3 Å². The molecule has 0 radical (unpaired) electrons. The number of nitrogens with zero attached hydrogens (tertiary/aromatic N) is 3. The number of imidazole rings is 1. The summed E-state index contributed by atoms with van der Waals surface area (Å²) in [6.45, 7) is 6.50. The average Bonchev–Trinajstić information content (AvgIpc) is 3.32. The standard InChI is InChI=1S/C22H26F3N5O/c1-14-18(29-20(28-14)15-6-8-16(9-7-15)22(23,24)25)11-21(2,3)27-13-19(31)30-10-4-5-17(30)12-26/h6-9,17,27H,4-5,10-11,13H2,1-3H3,(H,28,29)/t17-/m0/s1. The zero-order valence-corrected chi connectivity index (χ0v) is 17.8. The van der Waals surface area contributed by atoms with Gasteiger partial charge in [-0.15, -0.1) is 0 Å². The van der Waals surface area contributed by atoms with Gasteiger partial charge in [-0.2, -0.15) is 18.4 Å². The van der Waals surface area contributed by atoms with Crippen molar-refractivity contribution in [3.63, 3.8) is 0 Å². The molecule has 31 heavy (non-hydrogen) atoms. The summed E-state index contributed by atoms with van der Waals surface area (Å²) >= 11 is 0. The Morgan fingerprint density at radius 3 is 2.61 bits per heavy atom. The lowest BCUT2D eigenvalue weighted by Gasteiger charge is -2.28. The molecule has 0 aliphatic carbocycles. The fraction of sp³-hybridized carbons (Fsp3) is 0.500. The van der Waals surface area contributed by atoms with E-state index in [0.29, 0.717) is 30.8 Å². The van der Waals surface area contributed by atoms with Crippen LogP contribution in [-0.4, -0.2) is 45.4 Å². The molecule has 9 heteroatoms. The Labute approximate surface area is 179 Å². The number of aromatic nitrogens is 2. The molecule has 0 bridgehead atoms. The second kappa shape index (κ2) is 8.71. The number of hydrogen-bond acceptors (Lipinski definition) is 4. The van der Waals surface area contributed by atoms with E-state index in [1.807, 2.05) is 20.8 Å². The molecule has 0 saturated carbocycles. The highest BCUT2D eigenvalue weighted by Gasteiger charge is 2.31. The Kier molecular flexibility index (Phi) is 6.41. The Morgan fingerprint density at radius 2 is 2.00 bits per heavy atom. The molecule has 1 aliphatic heterocycles. The van der Waals surface area contributed by atoms with Crippen molar-refractivity contribution < 1.29 is 18.0 Å². The minimum absolute atomic E-state index is 0.0960. The first-order chi connectivity index (χ1) is 14.5. The van der Waals surface area contributed by atoms with Crippen LogP contribution in [0.25, 0.3) is 11.4 Å². The quantitative estimate of drug-likeness (QED) is 0.725. The fourth-order valence-electron chi connectivity index (χ4n) is 3.72. The number of benzene rings is 1. The highest BCUT2D eigenvalue weighted by molar-refractivity contribution is 5.79. The lowest BCUT2D eigenvalue weighted by Crippen LogP contribution is -2.48. The third-order valence-corrected chi connectivity index (χ3v) is 5.52. The summed E-state index contributed by atoms with van der Waals surface area (Å²) in [6.07, 6.45) is -2.31. The maximum Gasteiger partial charge on any atom is 0.416 e. The zero-order valence-electron chi connectivity index (χ0n) is 17.8. The second-order valence-corrected chi connectivity index (χ2v) is 8.52. The van der Waals surface area contributed by atoms with Crippen LogP contribution in [0.5, 0.6) is 0 Å². The predicted octanol–water partition coefficient (Wildman–Crippen LogP) is 3.83. The third kappa shape index (κ3) is 5.44. The number of hydrogen-bond donors (Lipinski definition) is 2. The van der Waals surface area contributed by atoms with E-state index in [-0.39, 0.29) is 18.5 Å². The molecule has 3 rings (SSSR count). The molecule has 6 nitrogen and oxygen atoms in total. The van der Waals surface area contributed by atoms with Crippen molar-refractivity contribution in [1.29, 1.82) is 5.26 Å². The molecule has 1 fully saturated rings. The summed E-state index contributed by atoms with van der Waals surface area (Å²) in [5.74, 6) is 0.406. The van der Waals surface area contributed by atoms with Gasteiger partial charge in [0.1, 0.15) is 11.9 Å². The van der Waals surface area contributed by atoms with Gasteiger partial charge in [0.2, 0.25) is 5.91 Å². The number of aryl methyl sites for hydroxylation is 1. The van der Waals surface area contributed by atoms with E-state index in [0.717, 1.165) is 29.9 Å². The number of nitriles is 1. The molecule has 1 amide bonds. The SMILES string of the molecule is Cc1[nH]c(-c2ccc(C(F)(F)F)cc2)nc1CC(C)(C)NCC(=O)N1CCC[C@H]1C#N. The largest absolute Gasteiger partial charge is 0.416 e. The minimum Gasteiger partial charge on any atom is -0.342 e. The van der Waals surface area contributed by atoms with Crippen LogP contribution in [0.1, 0.15) is 43.6 Å². The number of H-pyrrole nitrogens is 1. The van der Waals surface area contributed by atoms with Gasteiger partial charge in [0, 0.05) is 29.8 Å². The third-order valence-electron chi connectivity index (χ3n) is 5.52. The van der Waals surface area contributed by atoms with E-state index in [1.54, 1.807) is 4.90 Å². The molecule has 1 saturated heterocycles. The molecule has 1 aromatic carbocycles. The summed E-state index contributed by atoms with van der Waals surface area (Å²) in [4.78, 5) is 21.8. The normalized spacial score (nSPS) is 17.1. The molecule has 1 aliphatic rings. The van der Waals surface area contributed by atoms with Crippen LogP contribution in [0.4, 0.5) is 13.2 Å². The number of alkyl halides is 3. The van der Waals surface area contributed by atoms with Crippen molar-refractivity contribution in [2.24, 2.45) is 0 Å². The van der Waals surface area contributed by atoms with Crippen LogP contribution in [0.15, 0.2) is 24.3 Å². The van der Waals surface area contributed by atoms with Gasteiger partial charge in [0.25, 0.3) is 0 Å². The molecule has 1 aromatic heterocycles. The summed E-state index contributed by atoms with van der Waals surface area (Å²) < 4.78 is 38.3. The molecule has 2 N–H and O–H groups in total. The van der Waals surface area contributed by atoms with E-state index in [4.69, 9.17) is 5.26 Å². The van der Waals surface area contributed by atoms with E-state index in [2.05, 4.69) is 21.4 Å². The van der Waals surface area contributed by atoms with E-state index >= 15 is 0 Å². The van der Waals surface area contributed by atoms with Crippen LogP contribution in [0.2, 0.25) is 0 Å². The topological polar surface area (TPSA) is 84.8 Å². The van der Waals surface area contributed by atoms with Gasteiger partial charge < -0.3 is 15.2 Å².